The largest absolute Gasteiger partial charge is 0.463 e. The average Bonchev–Trinajstić information content (AvgIpc) is 2.98. The molecule has 1 aliphatic rings. The minimum Gasteiger partial charge on any atom is -0.463 e. The summed E-state index contributed by atoms with van der Waals surface area (Å²) >= 11 is 5.75. The van der Waals surface area contributed by atoms with E-state index in [1.807, 2.05) is 6.92 Å². The molecule has 15 heavy (non-hydrogen) atoms. The molecule has 1 heterocycles. The summed E-state index contributed by atoms with van der Waals surface area (Å²) in [6, 6.07) is 0.780. The predicted molar refractivity (Wildman–Crippen MR) is 57.3 cm³/mol. The zero-order valence-electron chi connectivity index (χ0n) is 8.53. The second-order valence-electron chi connectivity index (χ2n) is 3.48. The van der Waals surface area contributed by atoms with Crippen molar-refractivity contribution in [1.29, 1.82) is 0 Å². The van der Waals surface area contributed by atoms with E-state index >= 15 is 0 Å². The minimum absolute atomic E-state index is 0.166. The van der Waals surface area contributed by atoms with Gasteiger partial charge in [-0.2, -0.15) is 15.0 Å². The summed E-state index contributed by atoms with van der Waals surface area (Å²) in [5.74, 6) is 0.503. The SMILES string of the molecule is CCCOc1nc(Cl)nc(NC2CC2)n1. The third-order valence-electron chi connectivity index (χ3n) is 1.93. The molecule has 1 fully saturated rings. The highest BCUT2D eigenvalue weighted by molar-refractivity contribution is 6.28. The van der Waals surface area contributed by atoms with E-state index in [0.717, 1.165) is 19.3 Å². The molecule has 0 spiro atoms. The topological polar surface area (TPSA) is 59.9 Å². The van der Waals surface area contributed by atoms with Gasteiger partial charge in [0.15, 0.2) is 0 Å². The lowest BCUT2D eigenvalue weighted by atomic mass is 10.5. The van der Waals surface area contributed by atoms with Gasteiger partial charge in [-0.15, -0.1) is 0 Å². The molecule has 0 atom stereocenters. The second kappa shape index (κ2) is 4.61. The first kappa shape index (κ1) is 10.4. The maximum absolute atomic E-state index is 5.75. The fourth-order valence-corrected chi connectivity index (χ4v) is 1.22. The average molecular weight is 229 g/mol. The third-order valence-corrected chi connectivity index (χ3v) is 2.10. The van der Waals surface area contributed by atoms with Crippen LogP contribution in [0.15, 0.2) is 0 Å². The number of ether oxygens (including phenoxy) is 1. The van der Waals surface area contributed by atoms with E-state index in [1.165, 1.54) is 0 Å². The van der Waals surface area contributed by atoms with Crippen molar-refractivity contribution in [2.75, 3.05) is 11.9 Å². The lowest BCUT2D eigenvalue weighted by Gasteiger charge is -2.05. The minimum atomic E-state index is 0.166. The zero-order chi connectivity index (χ0) is 10.7. The number of nitrogens with one attached hydrogen (secondary N) is 1. The van der Waals surface area contributed by atoms with E-state index < -0.39 is 0 Å². The Labute approximate surface area is 93.2 Å². The van der Waals surface area contributed by atoms with Crippen molar-refractivity contribution in [1.82, 2.24) is 15.0 Å². The van der Waals surface area contributed by atoms with Gasteiger partial charge in [0.2, 0.25) is 11.2 Å². The Balaban J connectivity index is 2.05. The smallest absolute Gasteiger partial charge is 0.322 e. The second-order valence-corrected chi connectivity index (χ2v) is 3.82. The van der Waals surface area contributed by atoms with Gasteiger partial charge in [-0.25, -0.2) is 0 Å². The van der Waals surface area contributed by atoms with Crippen LogP contribution >= 0.6 is 11.6 Å². The highest BCUT2D eigenvalue weighted by atomic mass is 35.5. The molecule has 2 rings (SSSR count). The van der Waals surface area contributed by atoms with Gasteiger partial charge in [0.25, 0.3) is 0 Å². The normalized spacial score (nSPS) is 15.1. The number of halogens is 1. The number of rotatable bonds is 5. The van der Waals surface area contributed by atoms with Crippen molar-refractivity contribution >= 4 is 17.5 Å². The summed E-state index contributed by atoms with van der Waals surface area (Å²) < 4.78 is 5.29. The van der Waals surface area contributed by atoms with E-state index in [9.17, 15) is 0 Å². The van der Waals surface area contributed by atoms with Crippen molar-refractivity contribution in [3.8, 4) is 6.01 Å². The van der Waals surface area contributed by atoms with E-state index in [4.69, 9.17) is 16.3 Å². The highest BCUT2D eigenvalue weighted by Gasteiger charge is 2.22. The van der Waals surface area contributed by atoms with Crippen molar-refractivity contribution < 1.29 is 4.74 Å². The van der Waals surface area contributed by atoms with Crippen LogP contribution < -0.4 is 10.1 Å². The van der Waals surface area contributed by atoms with Gasteiger partial charge in [0.1, 0.15) is 0 Å². The summed E-state index contributed by atoms with van der Waals surface area (Å²) in [4.78, 5) is 12.0. The van der Waals surface area contributed by atoms with Gasteiger partial charge in [0.05, 0.1) is 6.61 Å². The van der Waals surface area contributed by atoms with Crippen molar-refractivity contribution in [3.63, 3.8) is 0 Å². The Kier molecular flexibility index (Phi) is 3.20. The Morgan fingerprint density at radius 3 is 2.87 bits per heavy atom. The van der Waals surface area contributed by atoms with Gasteiger partial charge in [0, 0.05) is 6.04 Å². The van der Waals surface area contributed by atoms with Gasteiger partial charge in [-0.05, 0) is 30.9 Å². The number of aromatic nitrogens is 3. The first-order valence-electron chi connectivity index (χ1n) is 5.09. The number of hydrogen-bond donors (Lipinski definition) is 1. The lowest BCUT2D eigenvalue weighted by molar-refractivity contribution is 0.291. The van der Waals surface area contributed by atoms with Gasteiger partial charge in [-0.1, -0.05) is 6.92 Å². The number of nitrogens with zero attached hydrogens (tertiary/aromatic N) is 3. The predicted octanol–water partition coefficient (Wildman–Crippen LogP) is 1.89. The van der Waals surface area contributed by atoms with Crippen molar-refractivity contribution in [3.05, 3.63) is 5.28 Å². The molecule has 82 valence electrons. The summed E-state index contributed by atoms with van der Waals surface area (Å²) in [7, 11) is 0. The van der Waals surface area contributed by atoms with Crippen LogP contribution in [0.4, 0.5) is 5.95 Å². The third kappa shape index (κ3) is 3.20. The molecule has 0 bridgehead atoms. The Morgan fingerprint density at radius 1 is 1.40 bits per heavy atom. The van der Waals surface area contributed by atoms with Crippen LogP contribution in [0.5, 0.6) is 6.01 Å². The first-order valence-corrected chi connectivity index (χ1v) is 5.46. The van der Waals surface area contributed by atoms with Crippen molar-refractivity contribution in [2.45, 2.75) is 32.2 Å². The molecule has 0 aliphatic heterocycles. The molecule has 0 unspecified atom stereocenters. The lowest BCUT2D eigenvalue weighted by Crippen LogP contribution is -2.08. The van der Waals surface area contributed by atoms with Crippen LogP contribution in [-0.4, -0.2) is 27.6 Å². The summed E-state index contributed by atoms with van der Waals surface area (Å²) in [5.41, 5.74) is 0. The molecule has 0 amide bonds. The molecular formula is C9H13ClN4O. The van der Waals surface area contributed by atoms with Gasteiger partial charge in [-0.3, -0.25) is 0 Å². The van der Waals surface area contributed by atoms with E-state index in [-0.39, 0.29) is 5.28 Å². The number of hydrogen-bond acceptors (Lipinski definition) is 5. The molecule has 1 saturated carbocycles. The Hall–Kier alpha value is -1.10. The summed E-state index contributed by atoms with van der Waals surface area (Å²) in [6.45, 7) is 2.61. The fraction of sp³-hybridized carbons (Fsp3) is 0.667. The maximum Gasteiger partial charge on any atom is 0.322 e. The molecule has 1 aromatic rings. The van der Waals surface area contributed by atoms with Crippen LogP contribution in [-0.2, 0) is 0 Å². The van der Waals surface area contributed by atoms with Crippen LogP contribution in [0.25, 0.3) is 0 Å². The number of anilines is 1. The summed E-state index contributed by atoms with van der Waals surface area (Å²) in [6.07, 6.45) is 3.23. The molecule has 1 aromatic heterocycles. The van der Waals surface area contributed by atoms with Gasteiger partial charge < -0.3 is 10.1 Å². The van der Waals surface area contributed by atoms with E-state index in [0.29, 0.717) is 24.6 Å². The molecule has 0 saturated heterocycles. The monoisotopic (exact) mass is 228 g/mol. The zero-order valence-corrected chi connectivity index (χ0v) is 9.29. The van der Waals surface area contributed by atoms with Crippen LogP contribution in [0, 0.1) is 0 Å². The molecule has 0 radical (unpaired) electrons. The van der Waals surface area contributed by atoms with Crippen LogP contribution in [0.3, 0.4) is 0 Å². The highest BCUT2D eigenvalue weighted by Crippen LogP contribution is 2.23. The molecule has 0 aromatic carbocycles. The quantitative estimate of drug-likeness (QED) is 0.834. The Bertz CT molecular complexity index is 343. The summed E-state index contributed by atoms with van der Waals surface area (Å²) in [5, 5.41) is 3.31. The standard InChI is InChI=1S/C9H13ClN4O/c1-2-5-15-9-13-7(10)12-8(14-9)11-6-3-4-6/h6H,2-5H2,1H3,(H,11,12,13,14). The van der Waals surface area contributed by atoms with Crippen LogP contribution in [0.1, 0.15) is 26.2 Å². The molecular weight excluding hydrogens is 216 g/mol. The Morgan fingerprint density at radius 2 is 2.20 bits per heavy atom. The molecule has 5 nitrogen and oxygen atoms in total. The van der Waals surface area contributed by atoms with E-state index in [1.54, 1.807) is 0 Å². The molecule has 6 heteroatoms. The molecule has 1 N–H and O–H groups in total. The first-order chi connectivity index (χ1) is 7.28. The van der Waals surface area contributed by atoms with Crippen LogP contribution in [0.2, 0.25) is 5.28 Å². The fourth-order valence-electron chi connectivity index (χ4n) is 1.06. The van der Waals surface area contributed by atoms with E-state index in [2.05, 4.69) is 20.3 Å². The van der Waals surface area contributed by atoms with Gasteiger partial charge >= 0.3 is 6.01 Å². The molecule has 1 aliphatic carbocycles. The van der Waals surface area contributed by atoms with Crippen molar-refractivity contribution in [2.24, 2.45) is 0 Å². The maximum atomic E-state index is 5.75.